The maximum atomic E-state index is 14.4. The predicted octanol–water partition coefficient (Wildman–Crippen LogP) is 2.51. The fraction of sp³-hybridized carbons (Fsp3) is 0.667. The topological polar surface area (TPSA) is 157 Å². The molecule has 1 aliphatic heterocycles. The van der Waals surface area contributed by atoms with Crippen molar-refractivity contribution in [1.82, 2.24) is 0 Å². The second-order valence-electron chi connectivity index (χ2n) is 15.6. The van der Waals surface area contributed by atoms with Gasteiger partial charge in [0.05, 0.1) is 25.2 Å². The highest BCUT2D eigenvalue weighted by Crippen LogP contribution is 2.83. The molecule has 0 aromatic rings. The lowest BCUT2D eigenvalue weighted by Gasteiger charge is -2.63. The molecule has 7 aliphatic carbocycles. The molecule has 8 rings (SSSR count). The van der Waals surface area contributed by atoms with Crippen LogP contribution in [0.4, 0.5) is 0 Å². The van der Waals surface area contributed by atoms with Crippen LogP contribution in [-0.2, 0) is 33.4 Å². The van der Waals surface area contributed by atoms with Crippen LogP contribution in [0.15, 0.2) is 45.1 Å². The number of hydrogen-bond acceptors (Lipinski definition) is 10. The SMILES string of the molecule is CC=C(C)C(=O)OC[C@]1(O)[C@H]2C[C@H]2[C@]2(C)[C@@H]3CC4=C5[C@H](C(=C(C)C(=O)OC)C(=O)[C@H](O)[C@@]5(C)[C@@H]5C[C@H]45)[C@@]34OC(=O)C(CO)=C4C[C@@H]12. The van der Waals surface area contributed by atoms with Crippen molar-refractivity contribution in [3.63, 3.8) is 0 Å². The largest absolute Gasteiger partial charge is 0.466 e. The highest BCUT2D eigenvalue weighted by atomic mass is 16.6. The van der Waals surface area contributed by atoms with E-state index in [0.717, 1.165) is 24.0 Å². The third kappa shape index (κ3) is 3.15. The average molecular weight is 635 g/mol. The molecule has 246 valence electrons. The van der Waals surface area contributed by atoms with Crippen LogP contribution in [0.3, 0.4) is 0 Å². The Morgan fingerprint density at radius 2 is 1.76 bits per heavy atom. The maximum Gasteiger partial charge on any atom is 0.337 e. The number of methoxy groups -OCH3 is 1. The first-order chi connectivity index (χ1) is 21.7. The zero-order valence-electron chi connectivity index (χ0n) is 27.1. The summed E-state index contributed by atoms with van der Waals surface area (Å²) >= 11 is 0. The number of rotatable bonds is 5. The minimum atomic E-state index is -1.39. The lowest BCUT2D eigenvalue weighted by Crippen LogP contribution is -2.67. The highest BCUT2D eigenvalue weighted by molar-refractivity contribution is 6.09. The van der Waals surface area contributed by atoms with Gasteiger partial charge in [-0.05, 0) is 86.7 Å². The summed E-state index contributed by atoms with van der Waals surface area (Å²) in [5, 5.41) is 34.8. The summed E-state index contributed by atoms with van der Waals surface area (Å²) in [6.45, 7) is 8.25. The summed E-state index contributed by atoms with van der Waals surface area (Å²) in [6, 6.07) is 0. The monoisotopic (exact) mass is 634 g/mol. The molecule has 1 heterocycles. The van der Waals surface area contributed by atoms with Gasteiger partial charge in [-0.3, -0.25) is 4.79 Å². The molecule has 0 bridgehead atoms. The first-order valence-electron chi connectivity index (χ1n) is 16.5. The van der Waals surface area contributed by atoms with Crippen molar-refractivity contribution in [3.8, 4) is 0 Å². The van der Waals surface area contributed by atoms with Crippen LogP contribution >= 0.6 is 0 Å². The molecule has 0 amide bonds. The van der Waals surface area contributed by atoms with Crippen LogP contribution < -0.4 is 0 Å². The molecule has 0 unspecified atom stereocenters. The number of ketones is 1. The Labute approximate surface area is 267 Å². The molecule has 5 saturated carbocycles. The number of allylic oxidation sites excluding steroid dienone is 2. The summed E-state index contributed by atoms with van der Waals surface area (Å²) < 4.78 is 17.4. The Kier molecular flexibility index (Phi) is 5.97. The molecule has 10 heteroatoms. The molecule has 3 N–H and O–H groups in total. The molecular weight excluding hydrogens is 592 g/mol. The van der Waals surface area contributed by atoms with Crippen molar-refractivity contribution in [2.24, 2.45) is 52.3 Å². The molecule has 46 heavy (non-hydrogen) atoms. The molecule has 8 aliphatic rings. The lowest BCUT2D eigenvalue weighted by atomic mass is 9.42. The number of aliphatic hydroxyl groups excluding tert-OH is 2. The highest BCUT2D eigenvalue weighted by Gasteiger charge is 2.84. The fourth-order valence-electron chi connectivity index (χ4n) is 12.0. The normalized spacial score (nSPS) is 48.5. The van der Waals surface area contributed by atoms with E-state index >= 15 is 0 Å². The van der Waals surface area contributed by atoms with Crippen LogP contribution in [0.1, 0.15) is 60.3 Å². The molecule has 1 spiro atoms. The molecule has 5 fully saturated rings. The zero-order valence-corrected chi connectivity index (χ0v) is 27.1. The van der Waals surface area contributed by atoms with Gasteiger partial charge in [-0.2, -0.15) is 0 Å². The van der Waals surface area contributed by atoms with Crippen molar-refractivity contribution in [2.45, 2.75) is 77.6 Å². The van der Waals surface area contributed by atoms with Gasteiger partial charge in [-0.15, -0.1) is 0 Å². The number of hydrogen-bond donors (Lipinski definition) is 3. The number of ether oxygens (including phenoxy) is 3. The van der Waals surface area contributed by atoms with E-state index < -0.39 is 76.2 Å². The first-order valence-corrected chi connectivity index (χ1v) is 16.5. The minimum absolute atomic E-state index is 0.0493. The Balaban J connectivity index is 1.36. The van der Waals surface area contributed by atoms with Crippen LogP contribution in [0.2, 0.25) is 0 Å². The van der Waals surface area contributed by atoms with Gasteiger partial charge < -0.3 is 29.5 Å². The van der Waals surface area contributed by atoms with Gasteiger partial charge in [0.25, 0.3) is 0 Å². The van der Waals surface area contributed by atoms with Crippen molar-refractivity contribution in [3.05, 3.63) is 45.1 Å². The second kappa shape index (κ2) is 9.08. The number of aliphatic hydroxyl groups is 3. The van der Waals surface area contributed by atoms with Crippen molar-refractivity contribution in [1.29, 1.82) is 0 Å². The minimum Gasteiger partial charge on any atom is -0.466 e. The molecule has 0 saturated heterocycles. The zero-order chi connectivity index (χ0) is 33.0. The van der Waals surface area contributed by atoms with E-state index in [0.29, 0.717) is 17.6 Å². The van der Waals surface area contributed by atoms with E-state index in [1.807, 2.05) is 6.92 Å². The predicted molar refractivity (Wildman–Crippen MR) is 160 cm³/mol. The van der Waals surface area contributed by atoms with Gasteiger partial charge >= 0.3 is 17.9 Å². The second-order valence-corrected chi connectivity index (χ2v) is 15.6. The number of carbonyl (C=O) groups excluding carboxylic acids is 4. The van der Waals surface area contributed by atoms with E-state index in [2.05, 4.69) is 6.92 Å². The molecule has 0 radical (unpaired) electrons. The first kappa shape index (κ1) is 30.3. The van der Waals surface area contributed by atoms with Crippen molar-refractivity contribution < 1.29 is 48.7 Å². The van der Waals surface area contributed by atoms with E-state index in [1.54, 1.807) is 19.9 Å². The van der Waals surface area contributed by atoms with Crippen LogP contribution in [-0.4, -0.2) is 76.6 Å². The summed E-state index contributed by atoms with van der Waals surface area (Å²) in [7, 11) is 1.24. The van der Waals surface area contributed by atoms with Gasteiger partial charge in [-0.25, -0.2) is 14.4 Å². The fourth-order valence-corrected chi connectivity index (χ4v) is 12.0. The summed E-state index contributed by atoms with van der Waals surface area (Å²) in [5.74, 6) is -3.92. The summed E-state index contributed by atoms with van der Waals surface area (Å²) in [5.41, 5.74) is -0.913. The van der Waals surface area contributed by atoms with Crippen molar-refractivity contribution in [2.75, 3.05) is 20.3 Å². The Bertz CT molecular complexity index is 1680. The number of fused-ring (bicyclic) bond motifs is 7. The Hall–Kier alpha value is -3.08. The van der Waals surface area contributed by atoms with Crippen LogP contribution in [0, 0.1) is 52.3 Å². The van der Waals surface area contributed by atoms with Gasteiger partial charge in [0, 0.05) is 34.0 Å². The van der Waals surface area contributed by atoms with Gasteiger partial charge in [0.2, 0.25) is 0 Å². The van der Waals surface area contributed by atoms with Crippen LogP contribution in [0.5, 0.6) is 0 Å². The van der Waals surface area contributed by atoms with Crippen molar-refractivity contribution >= 4 is 23.7 Å². The van der Waals surface area contributed by atoms with Gasteiger partial charge in [-0.1, -0.05) is 25.5 Å². The van der Waals surface area contributed by atoms with Crippen LogP contribution in [0.25, 0.3) is 0 Å². The average Bonchev–Trinajstić information content (AvgIpc) is 3.95. The van der Waals surface area contributed by atoms with E-state index in [9.17, 15) is 34.5 Å². The molecule has 0 aromatic heterocycles. The Morgan fingerprint density at radius 1 is 1.04 bits per heavy atom. The third-order valence-electron chi connectivity index (χ3n) is 14.3. The standard InChI is InChI=1S/C36H42O10/c1-7-14(2)30(40)45-13-35(43)22-10-21(22)33(4)23(35)11-20-18(12-37)32(42)46-36(20)24(33)9-17-16-8-19(16)34(5)26(17)27(36)25(28(38)29(34)39)15(3)31(41)44-6/h7,16,19,21-24,27,29,37,39,43H,8-13H2,1-6H3/t16-,19-,21-,22+,23-,24+,27+,29+,33+,34+,35+,36+/m1/s1. The lowest BCUT2D eigenvalue weighted by molar-refractivity contribution is -0.191. The third-order valence-corrected chi connectivity index (χ3v) is 14.3. The number of carbonyl (C=O) groups is 4. The Morgan fingerprint density at radius 3 is 2.41 bits per heavy atom. The molecule has 0 aromatic carbocycles. The van der Waals surface area contributed by atoms with E-state index in [1.165, 1.54) is 14.0 Å². The smallest absolute Gasteiger partial charge is 0.337 e. The molecular formula is C36H42O10. The van der Waals surface area contributed by atoms with Gasteiger partial charge in [0.1, 0.15) is 23.9 Å². The number of Topliss-reactive ketones (excluding diaryl/α,β-unsaturated/α-hetero) is 1. The van der Waals surface area contributed by atoms with E-state index in [-0.39, 0.29) is 53.4 Å². The van der Waals surface area contributed by atoms with E-state index in [4.69, 9.17) is 14.2 Å². The molecule has 12 atom stereocenters. The quantitative estimate of drug-likeness (QED) is 0.178. The summed E-state index contributed by atoms with van der Waals surface area (Å²) in [4.78, 5) is 54.0. The number of esters is 3. The van der Waals surface area contributed by atoms with Gasteiger partial charge in [0.15, 0.2) is 5.78 Å². The molecule has 10 nitrogen and oxygen atoms in total. The summed E-state index contributed by atoms with van der Waals surface area (Å²) in [6.07, 6.45) is 2.62. The maximum absolute atomic E-state index is 14.4.